The Hall–Kier alpha value is -12.4. The summed E-state index contributed by atoms with van der Waals surface area (Å²) in [7, 11) is 0. The lowest BCUT2D eigenvalue weighted by atomic mass is 9.70. The van der Waals surface area contributed by atoms with E-state index >= 15 is 0 Å². The second-order valence-electron chi connectivity index (χ2n) is 25.8. The molecule has 0 N–H and O–H groups in total. The average molecular weight is 1200 g/mol. The minimum atomic E-state index is -0.515. The highest BCUT2D eigenvalue weighted by atomic mass is 15.0. The van der Waals surface area contributed by atoms with Crippen molar-refractivity contribution in [1.29, 1.82) is 0 Å². The summed E-state index contributed by atoms with van der Waals surface area (Å²) >= 11 is 0. The highest BCUT2D eigenvalue weighted by molar-refractivity contribution is 6.15. The van der Waals surface area contributed by atoms with Crippen molar-refractivity contribution in [2.24, 2.45) is 0 Å². The van der Waals surface area contributed by atoms with E-state index in [0.717, 1.165) is 0 Å². The van der Waals surface area contributed by atoms with E-state index in [-0.39, 0.29) is 0 Å². The first kappa shape index (κ1) is 53.3. The van der Waals surface area contributed by atoms with Crippen LogP contribution in [-0.4, -0.2) is 9.13 Å². The molecule has 95 heavy (non-hydrogen) atoms. The largest absolute Gasteiger partial charge is 0.309 e. The van der Waals surface area contributed by atoms with E-state index in [9.17, 15) is 0 Å². The summed E-state index contributed by atoms with van der Waals surface area (Å²) in [4.78, 5) is 0. The maximum atomic E-state index is 2.48. The van der Waals surface area contributed by atoms with Crippen LogP contribution in [0.5, 0.6) is 0 Å². The molecule has 0 saturated carbocycles. The molecule has 20 rings (SSSR count). The van der Waals surface area contributed by atoms with Gasteiger partial charge in [-0.05, 0) is 182 Å². The Kier molecular flexibility index (Phi) is 11.7. The smallest absolute Gasteiger partial charge is 0.0725 e. The maximum Gasteiger partial charge on any atom is 0.0725 e. The Morgan fingerprint density at radius 1 is 0.211 bits per heavy atom. The molecule has 0 aliphatic heterocycles. The molecule has 0 unspecified atom stereocenters. The van der Waals surface area contributed by atoms with E-state index in [4.69, 9.17) is 0 Å². The number of hydrogen-bond acceptors (Lipinski definition) is 0. The van der Waals surface area contributed by atoms with Crippen LogP contribution in [0.2, 0.25) is 0 Å². The lowest BCUT2D eigenvalue weighted by Gasteiger charge is -2.30. The number of nitrogens with zero attached hydrogens (tertiary/aromatic N) is 2. The van der Waals surface area contributed by atoms with Gasteiger partial charge in [-0.1, -0.05) is 291 Å². The molecule has 1 spiro atoms. The van der Waals surface area contributed by atoms with Gasteiger partial charge in [-0.25, -0.2) is 0 Å². The van der Waals surface area contributed by atoms with Crippen LogP contribution in [0.3, 0.4) is 0 Å². The van der Waals surface area contributed by atoms with Crippen molar-refractivity contribution in [1.82, 2.24) is 9.13 Å². The Bertz CT molecular complexity index is 5960. The van der Waals surface area contributed by atoms with E-state index in [0.29, 0.717) is 0 Å². The van der Waals surface area contributed by atoms with Gasteiger partial charge in [-0.15, -0.1) is 0 Å². The molecule has 0 radical (unpaired) electrons. The zero-order valence-electron chi connectivity index (χ0n) is 51.9. The SMILES string of the molecule is C(=Cc1ccc(-c2ccc3c(c2)c2ccccc2n3-c2cccc3ccccc23)c2ccccc12)c1ccc2c(c1)C1(c3ccccc3-c3ccccc31)c1cc(C=Cc3ccc(-c4ccc5c(c4)c4ccccc4n5-c4cccc5ccccc45)c4ccccc34)ccc1-2. The molecule has 2 aromatic heterocycles. The molecule has 2 heteroatoms. The number of rotatable bonds is 8. The van der Waals surface area contributed by atoms with Crippen LogP contribution in [-0.2, 0) is 5.41 Å². The fraction of sp³-hybridized carbons (Fsp3) is 0.0108. The number of fused-ring (bicyclic) bond motifs is 20. The first-order valence-corrected chi connectivity index (χ1v) is 33.0. The van der Waals surface area contributed by atoms with Gasteiger partial charge in [0, 0.05) is 32.3 Å². The fourth-order valence-corrected chi connectivity index (χ4v) is 16.8. The van der Waals surface area contributed by atoms with Crippen molar-refractivity contribution < 1.29 is 0 Å². The van der Waals surface area contributed by atoms with Gasteiger partial charge in [0.05, 0.1) is 38.9 Å². The molecule has 2 aliphatic rings. The van der Waals surface area contributed by atoms with Crippen molar-refractivity contribution in [2.75, 3.05) is 0 Å². The second kappa shape index (κ2) is 20.8. The topological polar surface area (TPSA) is 9.86 Å². The second-order valence-corrected chi connectivity index (χ2v) is 25.8. The molecule has 18 aromatic rings. The lowest BCUT2D eigenvalue weighted by Crippen LogP contribution is -2.26. The fourth-order valence-electron chi connectivity index (χ4n) is 16.8. The zero-order valence-corrected chi connectivity index (χ0v) is 51.9. The van der Waals surface area contributed by atoms with Gasteiger partial charge < -0.3 is 9.13 Å². The Balaban J connectivity index is 0.656. The third-order valence-corrected chi connectivity index (χ3v) is 20.9. The molecule has 0 saturated heterocycles. The van der Waals surface area contributed by atoms with Crippen LogP contribution in [0.15, 0.2) is 328 Å². The Morgan fingerprint density at radius 3 is 1.04 bits per heavy atom. The summed E-state index contributed by atoms with van der Waals surface area (Å²) < 4.78 is 4.89. The molecular weight excluding hydrogens is 1150 g/mol. The molecule has 0 amide bonds. The van der Waals surface area contributed by atoms with Crippen LogP contribution in [0.25, 0.3) is 167 Å². The van der Waals surface area contributed by atoms with E-state index in [1.54, 1.807) is 0 Å². The van der Waals surface area contributed by atoms with Gasteiger partial charge in [0.25, 0.3) is 0 Å². The standard InChI is InChI=1S/C93H58N2/c1-3-25-71-61(19-1)21-17-37-87(71)94-89-35-15-11-31-79(89)81-57-65(47-53-91(81)94)69-51-45-63(67-23-5-7-27-73(67)69)43-39-59-41-49-77-78-50-42-60(56-86(78)93(85(77)55-59)83-33-13-9-29-75(83)76-30-10-14-34-84(76)93)40-44-64-46-52-70(74-28-8-6-24-68(64)74)66-48-54-92-82(58-66)80-32-12-16-36-90(80)95(92)88-38-18-22-62-20-2-4-26-72(62)88/h1-58H. The minimum Gasteiger partial charge on any atom is -0.309 e. The summed E-state index contributed by atoms with van der Waals surface area (Å²) in [5.41, 5.74) is 26.7. The third-order valence-electron chi connectivity index (χ3n) is 20.9. The molecule has 440 valence electrons. The number of para-hydroxylation sites is 2. The Morgan fingerprint density at radius 2 is 0.568 bits per heavy atom. The van der Waals surface area contributed by atoms with Gasteiger partial charge in [0.15, 0.2) is 0 Å². The van der Waals surface area contributed by atoms with Crippen molar-refractivity contribution in [3.63, 3.8) is 0 Å². The van der Waals surface area contributed by atoms with Crippen molar-refractivity contribution >= 4 is 111 Å². The van der Waals surface area contributed by atoms with Gasteiger partial charge in [0.2, 0.25) is 0 Å². The van der Waals surface area contributed by atoms with E-state index in [2.05, 4.69) is 361 Å². The van der Waals surface area contributed by atoms with E-state index in [1.165, 1.54) is 187 Å². The first-order chi connectivity index (χ1) is 47.1. The van der Waals surface area contributed by atoms with Gasteiger partial charge in [0.1, 0.15) is 0 Å². The normalized spacial score (nSPS) is 13.1. The molecule has 0 fully saturated rings. The number of benzene rings is 16. The summed E-state index contributed by atoms with van der Waals surface area (Å²) in [6.07, 6.45) is 9.30. The highest BCUT2D eigenvalue weighted by Crippen LogP contribution is 2.63. The van der Waals surface area contributed by atoms with Crippen LogP contribution in [0.4, 0.5) is 0 Å². The number of aromatic nitrogens is 2. The summed E-state index contributed by atoms with van der Waals surface area (Å²) in [5.74, 6) is 0. The van der Waals surface area contributed by atoms with E-state index in [1.807, 2.05) is 0 Å². The molecular formula is C93H58N2. The molecule has 0 bridgehead atoms. The number of hydrogen-bond donors (Lipinski definition) is 0. The van der Waals surface area contributed by atoms with Crippen LogP contribution in [0.1, 0.15) is 44.5 Å². The summed E-state index contributed by atoms with van der Waals surface area (Å²) in [6, 6.07) is 122. The maximum absolute atomic E-state index is 2.48. The first-order valence-electron chi connectivity index (χ1n) is 33.0. The quantitative estimate of drug-likeness (QED) is 0.134. The lowest BCUT2D eigenvalue weighted by molar-refractivity contribution is 0.793. The zero-order chi connectivity index (χ0) is 62.3. The molecule has 2 heterocycles. The van der Waals surface area contributed by atoms with E-state index < -0.39 is 5.41 Å². The van der Waals surface area contributed by atoms with Crippen LogP contribution in [0, 0.1) is 0 Å². The van der Waals surface area contributed by atoms with Gasteiger partial charge in [-0.2, -0.15) is 0 Å². The average Bonchev–Trinajstić information content (AvgIpc) is 1.51. The van der Waals surface area contributed by atoms with Crippen LogP contribution < -0.4 is 0 Å². The van der Waals surface area contributed by atoms with Gasteiger partial charge >= 0.3 is 0 Å². The van der Waals surface area contributed by atoms with Gasteiger partial charge in [-0.3, -0.25) is 0 Å². The third kappa shape index (κ3) is 7.92. The van der Waals surface area contributed by atoms with Crippen LogP contribution >= 0.6 is 0 Å². The molecule has 0 atom stereocenters. The minimum absolute atomic E-state index is 0.515. The van der Waals surface area contributed by atoms with Crippen molar-refractivity contribution in [2.45, 2.75) is 5.41 Å². The molecule has 16 aromatic carbocycles. The summed E-state index contributed by atoms with van der Waals surface area (Å²) in [6.45, 7) is 0. The van der Waals surface area contributed by atoms with Crippen molar-refractivity contribution in [3.05, 3.63) is 372 Å². The molecule has 2 aliphatic carbocycles. The highest BCUT2D eigenvalue weighted by Gasteiger charge is 2.51. The monoisotopic (exact) mass is 1200 g/mol. The Labute approximate surface area is 550 Å². The summed E-state index contributed by atoms with van der Waals surface area (Å²) in [5, 5.41) is 14.9. The predicted molar refractivity (Wildman–Crippen MR) is 403 cm³/mol. The van der Waals surface area contributed by atoms with Crippen molar-refractivity contribution in [3.8, 4) is 55.9 Å². The molecule has 2 nitrogen and oxygen atoms in total. The predicted octanol–water partition coefficient (Wildman–Crippen LogP) is 24.5.